The quantitative estimate of drug-likeness (QED) is 0.277. The van der Waals surface area contributed by atoms with E-state index in [-0.39, 0.29) is 11.8 Å². The minimum Gasteiger partial charge on any atom is -0.383 e. The molecule has 0 amide bonds. The van der Waals surface area contributed by atoms with Gasteiger partial charge in [-0.1, -0.05) is 23.7 Å². The minimum absolute atomic E-state index is 0.162. The Balaban J connectivity index is 1.89. The number of pyridine rings is 1. The molecule has 0 bridgehead atoms. The fraction of sp³-hybridized carbons (Fsp3) is 0.0435. The Bertz CT molecular complexity index is 1590. The highest BCUT2D eigenvalue weighted by molar-refractivity contribution is 6.35. The largest absolute Gasteiger partial charge is 0.383 e. The first-order valence-corrected chi connectivity index (χ1v) is 10.3. The third-order valence-corrected chi connectivity index (χ3v) is 5.62. The van der Waals surface area contributed by atoms with Crippen molar-refractivity contribution in [1.29, 1.82) is 5.41 Å². The lowest BCUT2D eigenvalue weighted by molar-refractivity contribution is 1.01. The van der Waals surface area contributed by atoms with Crippen LogP contribution in [0.2, 0.25) is 5.02 Å². The van der Waals surface area contributed by atoms with Crippen molar-refractivity contribution in [2.45, 2.75) is 6.92 Å². The summed E-state index contributed by atoms with van der Waals surface area (Å²) in [4.78, 5) is 21.5. The zero-order chi connectivity index (χ0) is 23.1. The number of halogens is 1. The van der Waals surface area contributed by atoms with Crippen molar-refractivity contribution in [2.75, 3.05) is 5.73 Å². The van der Waals surface area contributed by atoms with Crippen LogP contribution in [0.5, 0.6) is 0 Å². The molecule has 0 saturated heterocycles. The van der Waals surface area contributed by atoms with Crippen LogP contribution in [-0.2, 0) is 0 Å². The van der Waals surface area contributed by atoms with Crippen molar-refractivity contribution < 1.29 is 0 Å². The number of hydrogen-bond acceptors (Lipinski definition) is 6. The van der Waals surface area contributed by atoms with Crippen molar-refractivity contribution in [3.8, 4) is 16.9 Å². The summed E-state index contributed by atoms with van der Waals surface area (Å²) in [5, 5.41) is 8.80. The van der Waals surface area contributed by atoms with Crippen LogP contribution in [-0.4, -0.2) is 36.7 Å². The number of benzene rings is 2. The van der Waals surface area contributed by atoms with E-state index in [1.54, 1.807) is 18.5 Å². The second-order valence-electron chi connectivity index (χ2n) is 7.30. The second-order valence-corrected chi connectivity index (χ2v) is 7.70. The van der Waals surface area contributed by atoms with E-state index in [2.05, 4.69) is 19.9 Å². The number of imidazole rings is 1. The molecule has 0 saturated carbocycles. The first kappa shape index (κ1) is 20.5. The number of rotatable bonds is 4. The molecule has 0 fully saturated rings. The first-order valence-electron chi connectivity index (χ1n) is 9.96. The maximum Gasteiger partial charge on any atom is 0.220 e. The number of anilines is 1. The number of nitrogens with two attached hydrogens (primary N) is 2. The van der Waals surface area contributed by atoms with Gasteiger partial charge in [0.2, 0.25) is 5.95 Å². The Labute approximate surface area is 193 Å². The normalized spacial score (nSPS) is 11.9. The fourth-order valence-corrected chi connectivity index (χ4v) is 4.16. The second kappa shape index (κ2) is 7.95. The minimum atomic E-state index is 0.162. The molecule has 0 radical (unpaired) electrons. The van der Waals surface area contributed by atoms with E-state index in [1.807, 2.05) is 47.9 Å². The number of nitrogens with zero attached hydrogens (tertiary/aromatic N) is 6. The van der Waals surface area contributed by atoms with Gasteiger partial charge in [-0.3, -0.25) is 15.0 Å². The van der Waals surface area contributed by atoms with Crippen LogP contribution in [0.3, 0.4) is 0 Å². The van der Waals surface area contributed by atoms with E-state index in [0.717, 1.165) is 34.3 Å². The lowest BCUT2D eigenvalue weighted by Crippen LogP contribution is -2.14. The number of aliphatic imine (C=N–C) groups is 1. The zero-order valence-electron chi connectivity index (χ0n) is 17.5. The molecule has 3 aromatic heterocycles. The van der Waals surface area contributed by atoms with Crippen molar-refractivity contribution in [3.63, 3.8) is 0 Å². The molecule has 162 valence electrons. The molecular weight excluding hydrogens is 438 g/mol. The maximum absolute atomic E-state index is 7.35. The topological polar surface area (TPSA) is 145 Å². The molecule has 0 aliphatic carbocycles. The van der Waals surface area contributed by atoms with Gasteiger partial charge in [-0.2, -0.15) is 0 Å². The smallest absolute Gasteiger partial charge is 0.220 e. The molecular formula is C23H18ClN9. The number of aromatic nitrogens is 5. The summed E-state index contributed by atoms with van der Waals surface area (Å²) in [6.45, 7) is 1.91. The molecule has 0 spiro atoms. The standard InChI is InChI=1S/C23H18ClN9/c1-12-31-21-15(22(26)30-11-25)9-13(17-5-7-29-23(27)32-17)10-19(21)33(12)18-6-8-28-20-14(18)3-2-4-16(20)24/h2-11H,1H3,(H3,25,26,30)(H2,27,29,32). The number of para-hydroxylation sites is 1. The molecule has 0 aliphatic rings. The summed E-state index contributed by atoms with van der Waals surface area (Å²) in [6.07, 6.45) is 4.21. The monoisotopic (exact) mass is 455 g/mol. The predicted molar refractivity (Wildman–Crippen MR) is 131 cm³/mol. The van der Waals surface area contributed by atoms with E-state index in [1.165, 1.54) is 0 Å². The zero-order valence-corrected chi connectivity index (χ0v) is 18.2. The summed E-state index contributed by atoms with van der Waals surface area (Å²) in [6, 6.07) is 13.1. The number of nitrogens with one attached hydrogen (secondary N) is 1. The van der Waals surface area contributed by atoms with Crippen molar-refractivity contribution in [3.05, 3.63) is 71.3 Å². The fourth-order valence-electron chi connectivity index (χ4n) is 3.93. The summed E-state index contributed by atoms with van der Waals surface area (Å²) in [5.41, 5.74) is 17.0. The van der Waals surface area contributed by atoms with Gasteiger partial charge in [-0.05, 0) is 37.3 Å². The molecule has 0 atom stereocenters. The van der Waals surface area contributed by atoms with Crippen molar-refractivity contribution >= 4 is 51.7 Å². The van der Waals surface area contributed by atoms with E-state index in [9.17, 15) is 0 Å². The number of aryl methyl sites for hydroxylation is 1. The molecule has 10 heteroatoms. The van der Waals surface area contributed by atoms with Gasteiger partial charge in [0.15, 0.2) is 0 Å². The van der Waals surface area contributed by atoms with Crippen LogP contribution in [0.25, 0.3) is 38.9 Å². The van der Waals surface area contributed by atoms with E-state index < -0.39 is 0 Å². The van der Waals surface area contributed by atoms with Crippen LogP contribution < -0.4 is 11.5 Å². The highest BCUT2D eigenvalue weighted by atomic mass is 35.5. The Morgan fingerprint density at radius 2 is 1.91 bits per heavy atom. The van der Waals surface area contributed by atoms with Gasteiger partial charge in [-0.25, -0.2) is 19.9 Å². The summed E-state index contributed by atoms with van der Waals surface area (Å²) in [5.74, 6) is 1.07. The molecule has 2 aromatic carbocycles. The Kier molecular flexibility index (Phi) is 4.95. The Hall–Kier alpha value is -4.37. The third-order valence-electron chi connectivity index (χ3n) is 5.32. The molecule has 5 aromatic rings. The molecule has 5 rings (SSSR count). The van der Waals surface area contributed by atoms with E-state index in [0.29, 0.717) is 27.3 Å². The van der Waals surface area contributed by atoms with Gasteiger partial charge in [0.1, 0.15) is 23.5 Å². The number of nitrogen functional groups attached to an aromatic ring is 1. The summed E-state index contributed by atoms with van der Waals surface area (Å²) < 4.78 is 2.02. The molecule has 3 heterocycles. The number of hydrogen-bond donors (Lipinski definition) is 3. The van der Waals surface area contributed by atoms with Crippen molar-refractivity contribution in [2.24, 2.45) is 10.7 Å². The van der Waals surface area contributed by atoms with Crippen LogP contribution in [0.15, 0.2) is 59.9 Å². The van der Waals surface area contributed by atoms with Gasteiger partial charge in [0.05, 0.1) is 27.4 Å². The maximum atomic E-state index is 7.35. The number of fused-ring (bicyclic) bond motifs is 2. The lowest BCUT2D eigenvalue weighted by Gasteiger charge is -2.12. The average Bonchev–Trinajstić information content (AvgIpc) is 3.14. The van der Waals surface area contributed by atoms with Gasteiger partial charge >= 0.3 is 0 Å². The summed E-state index contributed by atoms with van der Waals surface area (Å²) >= 11 is 6.40. The van der Waals surface area contributed by atoms with Crippen LogP contribution in [0.1, 0.15) is 11.4 Å². The van der Waals surface area contributed by atoms with Crippen LogP contribution >= 0.6 is 11.6 Å². The van der Waals surface area contributed by atoms with E-state index >= 15 is 0 Å². The van der Waals surface area contributed by atoms with Gasteiger partial charge in [0.25, 0.3) is 0 Å². The molecule has 0 unspecified atom stereocenters. The van der Waals surface area contributed by atoms with Crippen LogP contribution in [0.4, 0.5) is 5.95 Å². The van der Waals surface area contributed by atoms with Crippen molar-refractivity contribution in [1.82, 2.24) is 24.5 Å². The first-order chi connectivity index (χ1) is 16.0. The van der Waals surface area contributed by atoms with Gasteiger partial charge in [-0.15, -0.1) is 0 Å². The molecule has 9 nitrogen and oxygen atoms in total. The predicted octanol–water partition coefficient (Wildman–Crippen LogP) is 3.89. The number of amidine groups is 1. The van der Waals surface area contributed by atoms with Gasteiger partial charge in [0, 0.05) is 28.9 Å². The highest BCUT2D eigenvalue weighted by Crippen LogP contribution is 2.33. The molecule has 33 heavy (non-hydrogen) atoms. The Morgan fingerprint density at radius 1 is 1.09 bits per heavy atom. The highest BCUT2D eigenvalue weighted by Gasteiger charge is 2.19. The SMILES string of the molecule is Cc1nc2c(C(N)=NC=N)cc(-c3ccnc(N)n3)cc2n1-c1ccnc2c(Cl)cccc12. The third kappa shape index (κ3) is 3.44. The Morgan fingerprint density at radius 3 is 2.70 bits per heavy atom. The van der Waals surface area contributed by atoms with E-state index in [4.69, 9.17) is 33.5 Å². The lowest BCUT2D eigenvalue weighted by atomic mass is 10.0. The summed E-state index contributed by atoms with van der Waals surface area (Å²) in [7, 11) is 0. The average molecular weight is 456 g/mol. The molecule has 5 N–H and O–H groups in total. The molecule has 0 aliphatic heterocycles. The van der Waals surface area contributed by atoms with Crippen LogP contribution in [0, 0.1) is 12.3 Å². The van der Waals surface area contributed by atoms with Gasteiger partial charge < -0.3 is 11.5 Å².